The minimum Gasteiger partial charge on any atom is -0.357 e. The number of nitrogens with zero attached hydrogens (tertiary/aromatic N) is 3. The van der Waals surface area contributed by atoms with E-state index in [1.165, 1.54) is 35.0 Å². The summed E-state index contributed by atoms with van der Waals surface area (Å²) >= 11 is 0. The second-order valence-electron chi connectivity index (χ2n) is 7.15. The second kappa shape index (κ2) is 8.78. The van der Waals surface area contributed by atoms with Gasteiger partial charge in [-0.3, -0.25) is 14.4 Å². The molecule has 1 aromatic carbocycles. The molecule has 1 fully saturated rings. The van der Waals surface area contributed by atoms with Crippen LogP contribution >= 0.6 is 0 Å². The number of amides is 3. The van der Waals surface area contributed by atoms with Crippen LogP contribution in [0, 0.1) is 6.92 Å². The van der Waals surface area contributed by atoms with Gasteiger partial charge in [0.25, 0.3) is 5.91 Å². The van der Waals surface area contributed by atoms with Gasteiger partial charge in [0, 0.05) is 13.6 Å². The van der Waals surface area contributed by atoms with Crippen molar-refractivity contribution in [2.24, 2.45) is 0 Å². The van der Waals surface area contributed by atoms with Gasteiger partial charge in [0.2, 0.25) is 11.8 Å². The maximum Gasteiger partial charge on any atom is 0.416 e. The van der Waals surface area contributed by atoms with Crippen LogP contribution in [0.4, 0.5) is 13.2 Å². The first-order chi connectivity index (χ1) is 14.6. The average molecular weight is 437 g/mol. The highest BCUT2D eigenvalue weighted by Crippen LogP contribution is 2.30. The summed E-state index contributed by atoms with van der Waals surface area (Å²) in [5.41, 5.74) is -0.205. The fourth-order valence-corrected chi connectivity index (χ4v) is 3.56. The molecule has 1 aliphatic rings. The van der Waals surface area contributed by atoms with Crippen LogP contribution in [0.3, 0.4) is 0 Å². The van der Waals surface area contributed by atoms with Crippen molar-refractivity contribution in [3.05, 3.63) is 47.3 Å². The highest BCUT2D eigenvalue weighted by molar-refractivity contribution is 5.98. The molecule has 0 spiro atoms. The third kappa shape index (κ3) is 4.70. The van der Waals surface area contributed by atoms with Crippen LogP contribution in [0.25, 0.3) is 5.69 Å². The summed E-state index contributed by atoms with van der Waals surface area (Å²) in [6.45, 7) is 1.67. The topological polar surface area (TPSA) is 96.3 Å². The normalized spacial score (nSPS) is 16.3. The molecule has 2 N–H and O–H groups in total. The van der Waals surface area contributed by atoms with E-state index in [-0.39, 0.29) is 29.6 Å². The van der Waals surface area contributed by atoms with E-state index in [2.05, 4.69) is 15.7 Å². The van der Waals surface area contributed by atoms with Crippen LogP contribution in [0.1, 0.15) is 34.5 Å². The Bertz CT molecular complexity index is 1000. The van der Waals surface area contributed by atoms with E-state index in [4.69, 9.17) is 0 Å². The molecule has 1 saturated heterocycles. The van der Waals surface area contributed by atoms with E-state index in [1.54, 1.807) is 6.92 Å². The minimum absolute atomic E-state index is 0.134. The Morgan fingerprint density at radius 2 is 2.00 bits per heavy atom. The number of hydrogen-bond donors (Lipinski definition) is 2. The smallest absolute Gasteiger partial charge is 0.357 e. The van der Waals surface area contributed by atoms with Crippen LogP contribution < -0.4 is 10.6 Å². The van der Waals surface area contributed by atoms with Crippen molar-refractivity contribution in [1.29, 1.82) is 0 Å². The van der Waals surface area contributed by atoms with Crippen LogP contribution in [-0.4, -0.2) is 58.6 Å². The molecule has 0 aliphatic carbocycles. The monoisotopic (exact) mass is 437 g/mol. The standard InChI is InChI=1S/C20H22F3N5O3/c1-12-15(10-26-28(12)14-6-3-5-13(9-14)20(21,22)23)18(30)25-11-17(29)27-8-4-7-16(27)19(31)24-2/h3,5-6,9-10,16H,4,7-8,11H2,1-2H3,(H,24,31)(H,25,30). The SMILES string of the molecule is CNC(=O)C1CCCN1C(=O)CNC(=O)c1cnn(-c2cccc(C(F)(F)F)c2)c1C. The molecule has 2 heterocycles. The lowest BCUT2D eigenvalue weighted by Crippen LogP contribution is -2.48. The molecule has 0 radical (unpaired) electrons. The Balaban J connectivity index is 1.69. The van der Waals surface area contributed by atoms with E-state index < -0.39 is 23.7 Å². The number of alkyl halides is 3. The van der Waals surface area contributed by atoms with Gasteiger partial charge in [0.15, 0.2) is 0 Å². The Kier molecular flexibility index (Phi) is 6.32. The molecule has 0 saturated carbocycles. The first-order valence-corrected chi connectivity index (χ1v) is 9.65. The number of nitrogens with one attached hydrogen (secondary N) is 2. The van der Waals surface area contributed by atoms with Crippen molar-refractivity contribution in [2.75, 3.05) is 20.1 Å². The Labute approximate surface area is 176 Å². The summed E-state index contributed by atoms with van der Waals surface area (Å²) in [6, 6.07) is 4.05. The highest BCUT2D eigenvalue weighted by Gasteiger charge is 2.33. The number of halogens is 3. The molecule has 31 heavy (non-hydrogen) atoms. The molecule has 1 aliphatic heterocycles. The predicted molar refractivity (Wildman–Crippen MR) is 104 cm³/mol. The molecule has 1 atom stereocenters. The van der Waals surface area contributed by atoms with Gasteiger partial charge in [-0.1, -0.05) is 6.07 Å². The van der Waals surface area contributed by atoms with Crippen LogP contribution in [-0.2, 0) is 15.8 Å². The number of carbonyl (C=O) groups excluding carboxylic acids is 3. The molecule has 0 bridgehead atoms. The predicted octanol–water partition coefficient (Wildman–Crippen LogP) is 1.67. The summed E-state index contributed by atoms with van der Waals surface area (Å²) in [4.78, 5) is 38.3. The number of hydrogen-bond acceptors (Lipinski definition) is 4. The van der Waals surface area contributed by atoms with E-state index in [0.29, 0.717) is 25.1 Å². The largest absolute Gasteiger partial charge is 0.416 e. The maximum absolute atomic E-state index is 13.0. The Hall–Kier alpha value is -3.37. The Morgan fingerprint density at radius 3 is 2.68 bits per heavy atom. The number of benzene rings is 1. The Morgan fingerprint density at radius 1 is 1.26 bits per heavy atom. The van der Waals surface area contributed by atoms with E-state index in [1.807, 2.05) is 0 Å². The van der Waals surface area contributed by atoms with Gasteiger partial charge in [-0.15, -0.1) is 0 Å². The van der Waals surface area contributed by atoms with Crippen molar-refractivity contribution in [3.8, 4) is 5.69 Å². The average Bonchev–Trinajstić information content (AvgIpc) is 3.37. The molecule has 1 aromatic heterocycles. The third-order valence-electron chi connectivity index (χ3n) is 5.19. The summed E-state index contributed by atoms with van der Waals surface area (Å²) < 4.78 is 40.1. The number of likely N-dealkylation sites (tertiary alicyclic amines) is 1. The van der Waals surface area contributed by atoms with Crippen molar-refractivity contribution in [3.63, 3.8) is 0 Å². The molecule has 2 aromatic rings. The lowest BCUT2D eigenvalue weighted by atomic mass is 10.2. The lowest BCUT2D eigenvalue weighted by molar-refractivity contribution is -0.137. The van der Waals surface area contributed by atoms with Gasteiger partial charge in [-0.25, -0.2) is 4.68 Å². The fourth-order valence-electron chi connectivity index (χ4n) is 3.56. The summed E-state index contributed by atoms with van der Waals surface area (Å²) in [5.74, 6) is -1.22. The molecule has 3 rings (SSSR count). The molecule has 166 valence electrons. The van der Waals surface area contributed by atoms with Crippen molar-refractivity contribution < 1.29 is 27.6 Å². The number of carbonyl (C=O) groups is 3. The van der Waals surface area contributed by atoms with Crippen molar-refractivity contribution >= 4 is 17.7 Å². The number of rotatable bonds is 5. The first-order valence-electron chi connectivity index (χ1n) is 9.65. The molecule has 11 heteroatoms. The zero-order valence-corrected chi connectivity index (χ0v) is 17.0. The summed E-state index contributed by atoms with van der Waals surface area (Å²) in [5, 5.41) is 9.04. The maximum atomic E-state index is 13.0. The summed E-state index contributed by atoms with van der Waals surface area (Å²) in [6.07, 6.45) is -2.01. The van der Waals surface area contributed by atoms with E-state index in [9.17, 15) is 27.6 Å². The molecule has 8 nitrogen and oxygen atoms in total. The summed E-state index contributed by atoms with van der Waals surface area (Å²) in [7, 11) is 1.50. The quantitative estimate of drug-likeness (QED) is 0.744. The van der Waals surface area contributed by atoms with Gasteiger partial charge in [0.05, 0.1) is 35.2 Å². The van der Waals surface area contributed by atoms with E-state index >= 15 is 0 Å². The number of likely N-dealkylation sites (N-methyl/N-ethyl adjacent to an activating group) is 1. The first kappa shape index (κ1) is 22.3. The van der Waals surface area contributed by atoms with E-state index in [0.717, 1.165) is 12.1 Å². The zero-order chi connectivity index (χ0) is 22.8. The van der Waals surface area contributed by atoms with Gasteiger partial charge in [-0.05, 0) is 38.0 Å². The zero-order valence-electron chi connectivity index (χ0n) is 17.0. The van der Waals surface area contributed by atoms with Gasteiger partial charge in [0.1, 0.15) is 6.04 Å². The van der Waals surface area contributed by atoms with Crippen LogP contribution in [0.5, 0.6) is 0 Å². The van der Waals surface area contributed by atoms with Gasteiger partial charge >= 0.3 is 6.18 Å². The fraction of sp³-hybridized carbons (Fsp3) is 0.400. The van der Waals surface area contributed by atoms with Gasteiger partial charge in [-0.2, -0.15) is 18.3 Å². The highest BCUT2D eigenvalue weighted by atomic mass is 19.4. The molecular weight excluding hydrogens is 415 g/mol. The van der Waals surface area contributed by atoms with Crippen molar-refractivity contribution in [1.82, 2.24) is 25.3 Å². The van der Waals surface area contributed by atoms with Crippen LogP contribution in [0.15, 0.2) is 30.5 Å². The van der Waals surface area contributed by atoms with Gasteiger partial charge < -0.3 is 15.5 Å². The second-order valence-corrected chi connectivity index (χ2v) is 7.15. The van der Waals surface area contributed by atoms with Crippen molar-refractivity contribution in [2.45, 2.75) is 32.0 Å². The molecule has 1 unspecified atom stereocenters. The number of aromatic nitrogens is 2. The van der Waals surface area contributed by atoms with Crippen LogP contribution in [0.2, 0.25) is 0 Å². The molecule has 3 amide bonds. The minimum atomic E-state index is -4.50. The molecular formula is C20H22F3N5O3. The third-order valence-corrected chi connectivity index (χ3v) is 5.19. The lowest BCUT2D eigenvalue weighted by Gasteiger charge is -2.23.